The van der Waals surface area contributed by atoms with Crippen LogP contribution >= 0.6 is 0 Å². The van der Waals surface area contributed by atoms with E-state index in [1.165, 1.54) is 5.56 Å². The first kappa shape index (κ1) is 34.9. The van der Waals surface area contributed by atoms with Crippen molar-refractivity contribution >= 4 is 33.8 Å². The zero-order valence-electron chi connectivity index (χ0n) is 28.9. The summed E-state index contributed by atoms with van der Waals surface area (Å²) in [6.07, 6.45) is 2.70. The zero-order chi connectivity index (χ0) is 32.5. The molecule has 1 aliphatic rings. The number of carbonyl (C=O) groups excluding carboxylic acids is 1. The molecule has 1 amide bonds. The number of amides is 1. The van der Waals surface area contributed by atoms with Gasteiger partial charge in [0.05, 0.1) is 25.3 Å². The van der Waals surface area contributed by atoms with Crippen LogP contribution in [0, 0.1) is 6.92 Å². The van der Waals surface area contributed by atoms with E-state index in [4.69, 9.17) is 19.3 Å². The quantitative estimate of drug-likeness (QED) is 0.199. The van der Waals surface area contributed by atoms with Crippen molar-refractivity contribution in [3.05, 3.63) is 59.3 Å². The van der Waals surface area contributed by atoms with E-state index >= 15 is 0 Å². The van der Waals surface area contributed by atoms with E-state index in [1.54, 1.807) is 19.2 Å². The number of rotatable bonds is 11. The Hall–Kier alpha value is -2.56. The summed E-state index contributed by atoms with van der Waals surface area (Å²) < 4.78 is 19.4. The van der Waals surface area contributed by atoms with Gasteiger partial charge in [0.1, 0.15) is 5.75 Å². The number of nitrogens with zero attached hydrogens (tertiary/aromatic N) is 1. The average molecular weight is 625 g/mol. The summed E-state index contributed by atoms with van der Waals surface area (Å²) >= 11 is 0. The molecule has 6 nitrogen and oxygen atoms in total. The molecule has 1 aliphatic heterocycles. The van der Waals surface area contributed by atoms with E-state index in [0.29, 0.717) is 52.4 Å². The van der Waals surface area contributed by atoms with Crippen LogP contribution in [0.3, 0.4) is 0 Å². The number of nitrogen functional groups attached to an aromatic ring is 1. The number of hydrogen-bond acceptors (Lipinski definition) is 5. The molecule has 0 unspecified atom stereocenters. The van der Waals surface area contributed by atoms with E-state index in [-0.39, 0.29) is 17.0 Å². The predicted molar refractivity (Wildman–Crippen MR) is 186 cm³/mol. The maximum Gasteiger partial charge on any atom is 0.260 e. The molecule has 43 heavy (non-hydrogen) atoms. The summed E-state index contributed by atoms with van der Waals surface area (Å²) in [6.45, 7) is 27.2. The molecule has 8 heteroatoms. The number of aryl methyl sites for hydroxylation is 1. The lowest BCUT2D eigenvalue weighted by Crippen LogP contribution is -2.50. The average Bonchev–Trinajstić information content (AvgIpc) is 3.33. The first-order valence-electron chi connectivity index (χ1n) is 15.8. The Kier molecular flexibility index (Phi) is 10.7. The third kappa shape index (κ3) is 7.23. The zero-order valence-corrected chi connectivity index (χ0v) is 30.9. The van der Waals surface area contributed by atoms with Crippen molar-refractivity contribution in [3.8, 4) is 11.5 Å². The van der Waals surface area contributed by atoms with Gasteiger partial charge in [0.15, 0.2) is 14.1 Å². The fraction of sp³-hybridized carbons (Fsp3) is 0.571. The number of benzene rings is 2. The lowest BCUT2D eigenvalue weighted by Gasteiger charge is -2.42. The van der Waals surface area contributed by atoms with Gasteiger partial charge >= 0.3 is 0 Å². The molecule has 0 fully saturated rings. The van der Waals surface area contributed by atoms with Gasteiger partial charge in [0.2, 0.25) is 0 Å². The van der Waals surface area contributed by atoms with E-state index < -0.39 is 16.6 Å². The van der Waals surface area contributed by atoms with E-state index in [0.717, 1.165) is 11.1 Å². The Morgan fingerprint density at radius 2 is 1.53 bits per heavy atom. The first-order chi connectivity index (χ1) is 19.9. The van der Waals surface area contributed by atoms with Crippen molar-refractivity contribution in [3.63, 3.8) is 0 Å². The van der Waals surface area contributed by atoms with Crippen LogP contribution in [0.2, 0.25) is 34.8 Å². The molecular formula is C35H56N2O4Si2. The van der Waals surface area contributed by atoms with Gasteiger partial charge in [-0.1, -0.05) is 92.1 Å². The lowest BCUT2D eigenvalue weighted by molar-refractivity contribution is 0.0738. The summed E-state index contributed by atoms with van der Waals surface area (Å²) in [5, 5.41) is 0.0712. The van der Waals surface area contributed by atoms with Crippen LogP contribution in [-0.2, 0) is 4.43 Å². The molecule has 2 aromatic carbocycles. The van der Waals surface area contributed by atoms with Crippen LogP contribution in [-0.4, -0.2) is 47.2 Å². The molecule has 0 saturated heterocycles. The maximum atomic E-state index is 14.3. The van der Waals surface area contributed by atoms with E-state index in [2.05, 4.69) is 107 Å². The summed E-state index contributed by atoms with van der Waals surface area (Å²) in [6, 6.07) is 11.9. The second kappa shape index (κ2) is 13.2. The Bertz CT molecular complexity index is 1290. The van der Waals surface area contributed by atoms with Crippen molar-refractivity contribution < 1.29 is 18.4 Å². The molecule has 3 rings (SSSR count). The molecule has 0 radical (unpaired) electrons. The monoisotopic (exact) mass is 624 g/mol. The molecule has 238 valence electrons. The number of hydrogen-bond donors (Lipinski definition) is 1. The van der Waals surface area contributed by atoms with Crippen molar-refractivity contribution in [2.75, 3.05) is 19.5 Å². The molecule has 0 aliphatic carbocycles. The summed E-state index contributed by atoms with van der Waals surface area (Å²) in [7, 11) is -2.67. The van der Waals surface area contributed by atoms with Crippen LogP contribution < -0.4 is 14.9 Å². The highest BCUT2D eigenvalue weighted by Gasteiger charge is 2.47. The van der Waals surface area contributed by atoms with Gasteiger partial charge in [-0.3, -0.25) is 4.79 Å². The Labute approximate surface area is 263 Å². The molecule has 2 N–H and O–H groups in total. The number of carbonyl (C=O) groups is 1. The normalized spacial score (nSPS) is 16.3. The SMILES string of the molecule is COc1cc(C(=O)N2C=C(c3ccc(C)cc3)C[C@H]2CO[Si](C)(C)C(C)(C)C)c(N)cc1O[Si](C(C)C)(C(C)C)C(C)C. The third-order valence-corrected chi connectivity index (χ3v) is 20.3. The van der Waals surface area contributed by atoms with Crippen LogP contribution in [0.1, 0.15) is 90.2 Å². The molecule has 0 saturated carbocycles. The second-order valence-corrected chi connectivity index (χ2v) is 24.9. The molecule has 2 aromatic rings. The minimum absolute atomic E-state index is 0.0712. The Morgan fingerprint density at radius 1 is 0.977 bits per heavy atom. The number of ether oxygens (including phenoxy) is 1. The molecule has 0 spiro atoms. The van der Waals surface area contributed by atoms with Gasteiger partial charge in [-0.05, 0) is 65.3 Å². The largest absolute Gasteiger partial charge is 0.540 e. The molecular weight excluding hydrogens is 569 g/mol. The Balaban J connectivity index is 2.03. The number of methoxy groups -OCH3 is 1. The van der Waals surface area contributed by atoms with Crippen LogP contribution in [0.25, 0.3) is 5.57 Å². The Morgan fingerprint density at radius 3 is 2.02 bits per heavy atom. The highest BCUT2D eigenvalue weighted by molar-refractivity contribution is 6.78. The van der Waals surface area contributed by atoms with Gasteiger partial charge in [0.25, 0.3) is 14.2 Å². The van der Waals surface area contributed by atoms with Crippen LogP contribution in [0.15, 0.2) is 42.6 Å². The van der Waals surface area contributed by atoms with Crippen LogP contribution in [0.5, 0.6) is 11.5 Å². The summed E-state index contributed by atoms with van der Waals surface area (Å²) in [4.78, 5) is 16.1. The third-order valence-electron chi connectivity index (χ3n) is 9.80. The van der Waals surface area contributed by atoms with Crippen molar-refractivity contribution in [1.29, 1.82) is 0 Å². The molecule has 1 atom stereocenters. The molecule has 1 heterocycles. The standard InChI is InChI=1S/C35H56N2O4Si2/c1-23(2)43(24(3)4,25(5)6)41-33-20-31(36)30(19-32(33)39-11)34(38)37-21-28(27-16-14-26(7)15-17-27)18-29(37)22-40-42(12,13)35(8,9)10/h14-17,19-21,23-25,29H,18,22,36H2,1-13H3/t29-/m0/s1. The molecule has 0 bridgehead atoms. The topological polar surface area (TPSA) is 74.0 Å². The summed E-state index contributed by atoms with van der Waals surface area (Å²) in [5.74, 6) is 0.996. The minimum atomic E-state index is -2.27. The van der Waals surface area contributed by atoms with Crippen molar-refractivity contribution in [2.45, 2.75) is 116 Å². The van der Waals surface area contributed by atoms with Gasteiger partial charge in [-0.2, -0.15) is 0 Å². The van der Waals surface area contributed by atoms with Gasteiger partial charge in [0, 0.05) is 18.0 Å². The fourth-order valence-corrected chi connectivity index (χ4v) is 12.5. The first-order valence-corrected chi connectivity index (χ1v) is 20.8. The lowest BCUT2D eigenvalue weighted by atomic mass is 10.0. The van der Waals surface area contributed by atoms with Crippen LogP contribution in [0.4, 0.5) is 5.69 Å². The highest BCUT2D eigenvalue weighted by atomic mass is 28.4. The predicted octanol–water partition coefficient (Wildman–Crippen LogP) is 9.42. The number of nitrogens with two attached hydrogens (primary N) is 1. The highest BCUT2D eigenvalue weighted by Crippen LogP contribution is 2.46. The van der Waals surface area contributed by atoms with Crippen molar-refractivity contribution in [1.82, 2.24) is 4.90 Å². The molecule has 0 aromatic heterocycles. The van der Waals surface area contributed by atoms with E-state index in [9.17, 15) is 4.79 Å². The summed E-state index contributed by atoms with van der Waals surface area (Å²) in [5.41, 5.74) is 12.0. The van der Waals surface area contributed by atoms with Crippen molar-refractivity contribution in [2.24, 2.45) is 0 Å². The minimum Gasteiger partial charge on any atom is -0.540 e. The number of anilines is 1. The fourth-order valence-electron chi connectivity index (χ4n) is 6.21. The van der Waals surface area contributed by atoms with Gasteiger partial charge < -0.3 is 24.2 Å². The second-order valence-electron chi connectivity index (χ2n) is 14.7. The smallest absolute Gasteiger partial charge is 0.260 e. The van der Waals surface area contributed by atoms with Gasteiger partial charge in [-0.15, -0.1) is 0 Å². The maximum absolute atomic E-state index is 14.3. The van der Waals surface area contributed by atoms with Gasteiger partial charge in [-0.25, -0.2) is 0 Å². The van der Waals surface area contributed by atoms with E-state index in [1.807, 2.05) is 11.1 Å².